The van der Waals surface area contributed by atoms with Crippen molar-refractivity contribution in [3.8, 4) is 0 Å². The second kappa shape index (κ2) is 7.96. The Morgan fingerprint density at radius 2 is 1.96 bits per heavy atom. The number of sulfonamides is 1. The number of aromatic carboxylic acids is 1. The first-order valence-electron chi connectivity index (χ1n) is 6.74. The summed E-state index contributed by atoms with van der Waals surface area (Å²) in [4.78, 5) is 18.8. The molecule has 1 N–H and O–H groups in total. The van der Waals surface area contributed by atoms with E-state index in [0.29, 0.717) is 10.6 Å². The van der Waals surface area contributed by atoms with E-state index in [1.165, 1.54) is 31.5 Å². The number of rotatable bonds is 7. The Labute approximate surface area is 154 Å². The number of carboxylic acid groups (broad SMARTS) is 1. The van der Waals surface area contributed by atoms with Crippen LogP contribution < -0.4 is 4.31 Å². The first kappa shape index (κ1) is 19.4. The Hall–Kier alpha value is -1.94. The topological polar surface area (TPSA) is 110 Å². The first-order valence-corrected chi connectivity index (χ1v) is 9.10. The number of nitrogens with zero attached hydrogens (tertiary/aromatic N) is 3. The molecule has 0 spiro atoms. The van der Waals surface area contributed by atoms with Gasteiger partial charge in [-0.15, -0.1) is 0 Å². The van der Waals surface area contributed by atoms with Crippen LogP contribution in [-0.4, -0.2) is 43.3 Å². The second-order valence-corrected chi connectivity index (χ2v) is 7.53. The van der Waals surface area contributed by atoms with Crippen molar-refractivity contribution in [3.63, 3.8) is 0 Å². The van der Waals surface area contributed by atoms with Gasteiger partial charge >= 0.3 is 5.97 Å². The van der Waals surface area contributed by atoms with Crippen LogP contribution in [0, 0.1) is 0 Å². The molecule has 0 aliphatic heterocycles. The van der Waals surface area contributed by atoms with Crippen LogP contribution in [-0.2, 0) is 20.5 Å². The molecule has 25 heavy (non-hydrogen) atoms. The van der Waals surface area contributed by atoms with Gasteiger partial charge in [-0.05, 0) is 17.7 Å². The molecular weight excluding hydrogens is 393 g/mol. The fraction of sp³-hybridized carbons (Fsp3) is 0.214. The molecule has 0 amide bonds. The highest BCUT2D eigenvalue weighted by molar-refractivity contribution is 7.92. The van der Waals surface area contributed by atoms with E-state index in [-0.39, 0.29) is 10.8 Å². The van der Waals surface area contributed by atoms with Crippen molar-refractivity contribution >= 4 is 45.0 Å². The molecule has 1 aromatic carbocycles. The lowest BCUT2D eigenvalue weighted by atomic mass is 10.2. The third-order valence-corrected chi connectivity index (χ3v) is 5.27. The number of hydrogen-bond donors (Lipinski definition) is 1. The second-order valence-electron chi connectivity index (χ2n) is 4.79. The number of hydrogen-bond acceptors (Lipinski definition) is 6. The average molecular weight is 406 g/mol. The van der Waals surface area contributed by atoms with E-state index >= 15 is 0 Å². The molecule has 134 valence electrons. The fourth-order valence-corrected chi connectivity index (χ4v) is 3.99. The molecule has 11 heteroatoms. The monoisotopic (exact) mass is 405 g/mol. The van der Waals surface area contributed by atoms with Gasteiger partial charge in [-0.2, -0.15) is 0 Å². The highest BCUT2D eigenvalue weighted by Gasteiger charge is 2.29. The molecule has 2 aromatic rings. The molecule has 0 atom stereocenters. The van der Waals surface area contributed by atoms with Gasteiger partial charge in [-0.25, -0.2) is 27.5 Å². The summed E-state index contributed by atoms with van der Waals surface area (Å²) in [6, 6.07) is 4.39. The van der Waals surface area contributed by atoms with Gasteiger partial charge in [0, 0.05) is 29.5 Å². The van der Waals surface area contributed by atoms with Crippen LogP contribution in [0.2, 0.25) is 10.0 Å². The molecule has 0 saturated heterocycles. The summed E-state index contributed by atoms with van der Waals surface area (Å²) in [7, 11) is -2.79. The predicted molar refractivity (Wildman–Crippen MR) is 92.4 cm³/mol. The third kappa shape index (κ3) is 4.57. The summed E-state index contributed by atoms with van der Waals surface area (Å²) in [6.45, 7) is -0.438. The number of methoxy groups -OCH3 is 1. The maximum atomic E-state index is 12.8. The molecule has 0 fully saturated rings. The molecule has 1 aromatic heterocycles. The number of carboxylic acids is 1. The number of carbonyl (C=O) groups is 1. The maximum absolute atomic E-state index is 12.8. The third-order valence-electron chi connectivity index (χ3n) is 3.05. The molecule has 0 aliphatic carbocycles. The molecular formula is C14H13Cl2N3O5S. The lowest BCUT2D eigenvalue weighted by molar-refractivity contribution is 0.0690. The summed E-state index contributed by atoms with van der Waals surface area (Å²) in [6.07, 6.45) is 2.34. The molecule has 0 aliphatic rings. The van der Waals surface area contributed by atoms with Crippen molar-refractivity contribution in [1.29, 1.82) is 0 Å². The zero-order chi connectivity index (χ0) is 18.6. The van der Waals surface area contributed by atoms with Crippen molar-refractivity contribution in [2.45, 2.75) is 5.75 Å². The quantitative estimate of drug-likeness (QED) is 0.704. The number of anilines is 1. The summed E-state index contributed by atoms with van der Waals surface area (Å²) in [5.74, 6) is -2.26. The van der Waals surface area contributed by atoms with E-state index in [1.807, 2.05) is 0 Å². The largest absolute Gasteiger partial charge is 0.476 e. The van der Waals surface area contributed by atoms with Gasteiger partial charge in [0.2, 0.25) is 10.0 Å². The number of ether oxygens (including phenoxy) is 1. The van der Waals surface area contributed by atoms with Gasteiger partial charge in [0.1, 0.15) is 6.73 Å². The lowest BCUT2D eigenvalue weighted by Gasteiger charge is -2.23. The Morgan fingerprint density at radius 1 is 1.28 bits per heavy atom. The van der Waals surface area contributed by atoms with Crippen LogP contribution >= 0.6 is 23.2 Å². The first-order chi connectivity index (χ1) is 11.8. The van der Waals surface area contributed by atoms with Gasteiger partial charge in [0.15, 0.2) is 11.5 Å². The van der Waals surface area contributed by atoms with E-state index < -0.39 is 34.2 Å². The van der Waals surface area contributed by atoms with Crippen LogP contribution in [0.15, 0.2) is 30.6 Å². The number of benzene rings is 1. The molecule has 2 rings (SSSR count). The van der Waals surface area contributed by atoms with E-state index in [4.69, 9.17) is 27.9 Å². The summed E-state index contributed by atoms with van der Waals surface area (Å²) >= 11 is 11.8. The van der Waals surface area contributed by atoms with Crippen molar-refractivity contribution in [2.24, 2.45) is 0 Å². The molecule has 0 saturated carbocycles. The van der Waals surface area contributed by atoms with Crippen LogP contribution in [0.1, 0.15) is 16.1 Å². The SMILES string of the molecule is COCN(c1nccnc1C(=O)O)S(=O)(=O)Cc1ccc(Cl)cc1Cl. The summed E-state index contributed by atoms with van der Waals surface area (Å²) in [5.41, 5.74) is -0.210. The number of aromatic nitrogens is 2. The zero-order valence-electron chi connectivity index (χ0n) is 12.9. The standard InChI is InChI=1S/C14H13Cl2N3O5S/c1-24-8-19(13-12(14(20)21)17-4-5-18-13)25(22,23)7-9-2-3-10(15)6-11(9)16/h2-6H,7-8H2,1H3,(H,20,21). The zero-order valence-corrected chi connectivity index (χ0v) is 15.2. The highest BCUT2D eigenvalue weighted by atomic mass is 35.5. The van der Waals surface area contributed by atoms with Crippen molar-refractivity contribution in [1.82, 2.24) is 9.97 Å². The maximum Gasteiger partial charge on any atom is 0.358 e. The van der Waals surface area contributed by atoms with Crippen LogP contribution in [0.5, 0.6) is 0 Å². The number of halogens is 2. The molecule has 8 nitrogen and oxygen atoms in total. The van der Waals surface area contributed by atoms with Gasteiger partial charge in [-0.1, -0.05) is 29.3 Å². The Balaban J connectivity index is 2.47. The minimum absolute atomic E-state index is 0.172. The Kier molecular flexibility index (Phi) is 6.17. The smallest absolute Gasteiger partial charge is 0.358 e. The minimum Gasteiger partial charge on any atom is -0.476 e. The summed E-state index contributed by atoms with van der Waals surface area (Å²) in [5, 5.41) is 9.75. The fourth-order valence-electron chi connectivity index (χ4n) is 1.97. The summed E-state index contributed by atoms with van der Waals surface area (Å²) < 4.78 is 31.2. The van der Waals surface area contributed by atoms with Crippen LogP contribution in [0.3, 0.4) is 0 Å². The highest BCUT2D eigenvalue weighted by Crippen LogP contribution is 2.26. The molecule has 0 unspecified atom stereocenters. The van der Waals surface area contributed by atoms with Gasteiger partial charge in [0.05, 0.1) is 5.75 Å². The average Bonchev–Trinajstić information content (AvgIpc) is 2.55. The molecule has 0 bridgehead atoms. The van der Waals surface area contributed by atoms with E-state index in [9.17, 15) is 18.3 Å². The van der Waals surface area contributed by atoms with E-state index in [2.05, 4.69) is 9.97 Å². The Morgan fingerprint density at radius 3 is 2.56 bits per heavy atom. The predicted octanol–water partition coefficient (Wildman–Crippen LogP) is 2.42. The Bertz CT molecular complexity index is 892. The van der Waals surface area contributed by atoms with Gasteiger partial charge in [0.25, 0.3) is 0 Å². The van der Waals surface area contributed by atoms with E-state index in [1.54, 1.807) is 0 Å². The van der Waals surface area contributed by atoms with Crippen LogP contribution in [0.25, 0.3) is 0 Å². The van der Waals surface area contributed by atoms with Gasteiger partial charge in [-0.3, -0.25) is 0 Å². The van der Waals surface area contributed by atoms with Crippen molar-refractivity contribution in [2.75, 3.05) is 18.1 Å². The minimum atomic E-state index is -4.07. The van der Waals surface area contributed by atoms with E-state index in [0.717, 1.165) is 10.5 Å². The molecule has 1 heterocycles. The van der Waals surface area contributed by atoms with Gasteiger partial charge < -0.3 is 9.84 Å². The van der Waals surface area contributed by atoms with Crippen molar-refractivity contribution in [3.05, 3.63) is 51.9 Å². The van der Waals surface area contributed by atoms with Crippen molar-refractivity contribution < 1.29 is 23.1 Å². The molecule has 0 radical (unpaired) electrons. The lowest BCUT2D eigenvalue weighted by Crippen LogP contribution is -2.36. The normalized spacial score (nSPS) is 11.3. The van der Waals surface area contributed by atoms with Crippen LogP contribution in [0.4, 0.5) is 5.82 Å².